The van der Waals surface area contributed by atoms with Crippen LogP contribution < -0.4 is 5.32 Å². The van der Waals surface area contributed by atoms with Gasteiger partial charge in [0.2, 0.25) is 0 Å². The molecule has 0 bridgehead atoms. The van der Waals surface area contributed by atoms with E-state index in [2.05, 4.69) is 10.1 Å². The van der Waals surface area contributed by atoms with Crippen LogP contribution in [0.15, 0.2) is 24.3 Å². The third-order valence-electron chi connectivity index (χ3n) is 2.71. The highest BCUT2D eigenvalue weighted by Gasteiger charge is 2.30. The summed E-state index contributed by atoms with van der Waals surface area (Å²) in [5.41, 5.74) is 0.658. The van der Waals surface area contributed by atoms with Crippen molar-refractivity contribution >= 4 is 5.97 Å². The molecular formula is C12H14FNO2. The maximum absolute atomic E-state index is 12.8. The minimum Gasteiger partial charge on any atom is -0.468 e. The van der Waals surface area contributed by atoms with Crippen molar-refractivity contribution in [1.29, 1.82) is 0 Å². The van der Waals surface area contributed by atoms with Gasteiger partial charge in [0.15, 0.2) is 0 Å². The maximum atomic E-state index is 12.8. The normalized spacial score (nSPS) is 29.9. The molecule has 0 aliphatic carbocycles. The zero-order valence-corrected chi connectivity index (χ0v) is 9.00. The highest BCUT2D eigenvalue weighted by molar-refractivity contribution is 5.76. The summed E-state index contributed by atoms with van der Waals surface area (Å²) < 4.78 is 25.7. The quantitative estimate of drug-likeness (QED) is 0.778. The molecule has 86 valence electrons. The molecule has 4 heteroatoms. The number of benzene rings is 1. The molecule has 16 heavy (non-hydrogen) atoms. The van der Waals surface area contributed by atoms with Gasteiger partial charge < -0.3 is 4.74 Å². The van der Waals surface area contributed by atoms with E-state index in [1.807, 2.05) is 0 Å². The zero-order valence-electron chi connectivity index (χ0n) is 10.00. The van der Waals surface area contributed by atoms with Crippen LogP contribution in [0.1, 0.15) is 25.8 Å². The van der Waals surface area contributed by atoms with Crippen LogP contribution >= 0.6 is 0 Å². The van der Waals surface area contributed by atoms with E-state index in [1.54, 1.807) is 12.1 Å². The van der Waals surface area contributed by atoms with Crippen molar-refractivity contribution in [2.24, 2.45) is 0 Å². The second-order valence-electron chi connectivity index (χ2n) is 3.74. The Labute approximate surface area is 95.0 Å². The Balaban J connectivity index is 2.16. The summed E-state index contributed by atoms with van der Waals surface area (Å²) in [5.74, 6) is -0.693. The van der Waals surface area contributed by atoms with Gasteiger partial charge in [0.1, 0.15) is 11.9 Å². The molecule has 2 atom stereocenters. The molecule has 0 aromatic heterocycles. The molecule has 1 aliphatic rings. The number of hydrogen-bond acceptors (Lipinski definition) is 3. The summed E-state index contributed by atoms with van der Waals surface area (Å²) in [6.07, 6.45) is 1.05. The molecule has 1 N–H and O–H groups in total. The van der Waals surface area contributed by atoms with Crippen molar-refractivity contribution in [3.8, 4) is 0 Å². The molecule has 0 saturated carbocycles. The van der Waals surface area contributed by atoms with Crippen LogP contribution in [-0.4, -0.2) is 19.1 Å². The van der Waals surface area contributed by atoms with Gasteiger partial charge in [0.25, 0.3) is 0 Å². The lowest BCUT2D eigenvalue weighted by molar-refractivity contribution is -0.142. The Morgan fingerprint density at radius 1 is 1.50 bits per heavy atom. The summed E-state index contributed by atoms with van der Waals surface area (Å²) in [5, 5.41) is 2.92. The third-order valence-corrected chi connectivity index (χ3v) is 2.71. The van der Waals surface area contributed by atoms with Crippen molar-refractivity contribution < 1.29 is 15.3 Å². The minimum absolute atomic E-state index is 0.333. The fourth-order valence-corrected chi connectivity index (χ4v) is 1.84. The van der Waals surface area contributed by atoms with Gasteiger partial charge in [-0.15, -0.1) is 0 Å². The van der Waals surface area contributed by atoms with Crippen LogP contribution in [-0.2, 0) is 9.53 Å². The lowest BCUT2D eigenvalue weighted by atomic mass is 10.1. The smallest absolute Gasteiger partial charge is 0.322 e. The Bertz CT molecular complexity index is 423. The van der Waals surface area contributed by atoms with E-state index in [1.165, 1.54) is 19.2 Å². The molecule has 0 radical (unpaired) electrons. The number of hydrogen-bond donors (Lipinski definition) is 1. The Hall–Kier alpha value is -1.42. The van der Waals surface area contributed by atoms with E-state index in [0.717, 1.165) is 0 Å². The predicted molar refractivity (Wildman–Crippen MR) is 57.3 cm³/mol. The van der Waals surface area contributed by atoms with Crippen LogP contribution in [0.3, 0.4) is 0 Å². The van der Waals surface area contributed by atoms with E-state index in [0.29, 0.717) is 18.4 Å². The van der Waals surface area contributed by atoms with E-state index in [4.69, 9.17) is 1.37 Å². The number of esters is 1. The minimum atomic E-state index is -1.04. The van der Waals surface area contributed by atoms with Crippen LogP contribution in [0.4, 0.5) is 4.39 Å². The van der Waals surface area contributed by atoms with Gasteiger partial charge in [-0.1, -0.05) is 12.1 Å². The first-order chi connectivity index (χ1) is 8.05. The van der Waals surface area contributed by atoms with Gasteiger partial charge in [-0.05, 0) is 30.5 Å². The van der Waals surface area contributed by atoms with Crippen molar-refractivity contribution in [3.63, 3.8) is 0 Å². The number of rotatable bonds is 2. The summed E-state index contributed by atoms with van der Waals surface area (Å²) in [7, 11) is 1.33. The zero-order chi connectivity index (χ0) is 12.5. The molecule has 2 unspecified atom stereocenters. The average Bonchev–Trinajstić information content (AvgIpc) is 2.73. The monoisotopic (exact) mass is 224 g/mol. The first-order valence-corrected chi connectivity index (χ1v) is 5.17. The highest BCUT2D eigenvalue weighted by atomic mass is 19.1. The number of halogens is 1. The molecule has 1 aromatic carbocycles. The second kappa shape index (κ2) is 4.61. The van der Waals surface area contributed by atoms with Crippen LogP contribution in [0.5, 0.6) is 0 Å². The van der Waals surface area contributed by atoms with Crippen molar-refractivity contribution in [2.75, 3.05) is 7.11 Å². The Kier molecular flexibility index (Phi) is 2.82. The van der Waals surface area contributed by atoms with Gasteiger partial charge in [0, 0.05) is 6.02 Å². The van der Waals surface area contributed by atoms with E-state index < -0.39 is 12.1 Å². The Morgan fingerprint density at radius 3 is 2.81 bits per heavy atom. The predicted octanol–water partition coefficient (Wildman–Crippen LogP) is 1.79. The van der Waals surface area contributed by atoms with Crippen molar-refractivity contribution in [2.45, 2.75) is 24.9 Å². The summed E-state index contributed by atoms with van der Waals surface area (Å²) in [6.45, 7) is 0. The molecule has 3 nitrogen and oxygen atoms in total. The standard InChI is InChI=1S/C12H14FNO2/c1-16-12(15)11-7-6-10(14-11)8-2-4-9(13)5-3-8/h2-5,10-11,14H,6-7H2,1H3/i10D. The van der Waals surface area contributed by atoms with E-state index in [-0.39, 0.29) is 11.8 Å². The van der Waals surface area contributed by atoms with Gasteiger partial charge in [-0.2, -0.15) is 0 Å². The van der Waals surface area contributed by atoms with Crippen LogP contribution in [0, 0.1) is 5.82 Å². The molecule has 1 saturated heterocycles. The number of carbonyl (C=O) groups excluding carboxylic acids is 1. The first kappa shape index (κ1) is 9.78. The summed E-state index contributed by atoms with van der Waals surface area (Å²) in [4.78, 5) is 11.4. The molecule has 0 spiro atoms. The van der Waals surface area contributed by atoms with Gasteiger partial charge in [-0.3, -0.25) is 10.1 Å². The average molecular weight is 224 g/mol. The van der Waals surface area contributed by atoms with Gasteiger partial charge in [0.05, 0.1) is 8.48 Å². The van der Waals surface area contributed by atoms with Gasteiger partial charge in [-0.25, -0.2) is 4.39 Å². The molecule has 1 heterocycles. The van der Waals surface area contributed by atoms with Crippen molar-refractivity contribution in [3.05, 3.63) is 35.6 Å². The first-order valence-electron chi connectivity index (χ1n) is 5.67. The lowest BCUT2D eigenvalue weighted by Gasteiger charge is -2.13. The SMILES string of the molecule is [2H]C1(c2ccc(F)cc2)CCC(C(=O)OC)N1. The van der Waals surface area contributed by atoms with Crippen LogP contribution in [0.2, 0.25) is 0 Å². The molecule has 2 rings (SSSR count). The molecule has 0 amide bonds. The highest BCUT2D eigenvalue weighted by Crippen LogP contribution is 2.26. The largest absolute Gasteiger partial charge is 0.468 e. The fraction of sp³-hybridized carbons (Fsp3) is 0.417. The molecular weight excluding hydrogens is 209 g/mol. The van der Waals surface area contributed by atoms with E-state index in [9.17, 15) is 9.18 Å². The molecule has 1 aromatic rings. The topological polar surface area (TPSA) is 38.3 Å². The number of methoxy groups -OCH3 is 1. The summed E-state index contributed by atoms with van der Waals surface area (Å²) >= 11 is 0. The van der Waals surface area contributed by atoms with Crippen LogP contribution in [0.25, 0.3) is 0 Å². The molecule has 1 fully saturated rings. The van der Waals surface area contributed by atoms with Gasteiger partial charge >= 0.3 is 5.97 Å². The van der Waals surface area contributed by atoms with Crippen molar-refractivity contribution in [1.82, 2.24) is 5.32 Å². The number of nitrogens with one attached hydrogen (secondary N) is 1. The fourth-order valence-electron chi connectivity index (χ4n) is 1.84. The molecule has 1 aliphatic heterocycles. The number of carbonyl (C=O) groups is 1. The summed E-state index contributed by atoms with van der Waals surface area (Å²) in [6, 6.07) is 4.27. The third kappa shape index (κ3) is 2.22. The van der Waals surface area contributed by atoms with E-state index >= 15 is 0 Å². The number of ether oxygens (including phenoxy) is 1. The lowest BCUT2D eigenvalue weighted by Crippen LogP contribution is -2.33. The Morgan fingerprint density at radius 2 is 2.19 bits per heavy atom. The second-order valence-corrected chi connectivity index (χ2v) is 3.74. The maximum Gasteiger partial charge on any atom is 0.322 e.